The van der Waals surface area contributed by atoms with Crippen molar-refractivity contribution in [2.45, 2.75) is 57.0 Å². The van der Waals surface area contributed by atoms with E-state index in [0.29, 0.717) is 11.1 Å². The molecule has 6 nitrogen and oxygen atoms in total. The van der Waals surface area contributed by atoms with Crippen molar-refractivity contribution in [2.75, 3.05) is 0 Å². The summed E-state index contributed by atoms with van der Waals surface area (Å²) in [6.07, 6.45) is 11.9. The van der Waals surface area contributed by atoms with Crippen molar-refractivity contribution in [3.63, 3.8) is 0 Å². The van der Waals surface area contributed by atoms with Gasteiger partial charge in [0, 0.05) is 34.7 Å². The van der Waals surface area contributed by atoms with Gasteiger partial charge in [-0.1, -0.05) is 72.8 Å². The second kappa shape index (κ2) is 11.2. The Kier molecular flexibility index (Phi) is 6.77. The topological polar surface area (TPSA) is 106 Å². The summed E-state index contributed by atoms with van der Waals surface area (Å²) in [5.41, 5.74) is 9.38. The molecule has 0 aliphatic heterocycles. The van der Waals surface area contributed by atoms with E-state index >= 15 is 0 Å². The van der Waals surface area contributed by atoms with Gasteiger partial charge in [0.2, 0.25) is 5.66 Å². The normalized spacial score (nSPS) is 16.2. The van der Waals surface area contributed by atoms with Crippen LogP contribution >= 0.6 is 0 Å². The zero-order chi connectivity index (χ0) is 33.3. The monoisotopic (exact) mass is 644 g/mol. The molecule has 4 N–H and O–H groups in total. The molecule has 6 heteroatoms. The summed E-state index contributed by atoms with van der Waals surface area (Å²) >= 11 is 0. The van der Waals surface area contributed by atoms with Crippen LogP contribution in [0.5, 0.6) is 23.0 Å². The lowest BCUT2D eigenvalue weighted by molar-refractivity contribution is 0.404. The zero-order valence-electron chi connectivity index (χ0n) is 27.1. The van der Waals surface area contributed by atoms with E-state index in [2.05, 4.69) is 24.3 Å². The van der Waals surface area contributed by atoms with E-state index in [0.717, 1.165) is 71.2 Å². The summed E-state index contributed by atoms with van der Waals surface area (Å²) in [7, 11) is 0. The molecule has 0 aromatic heterocycles. The lowest BCUT2D eigenvalue weighted by Crippen LogP contribution is -2.22. The average Bonchev–Trinajstić information content (AvgIpc) is 3.42. The highest BCUT2D eigenvalue weighted by Gasteiger charge is 2.46. The van der Waals surface area contributed by atoms with E-state index in [1.54, 1.807) is 24.6 Å². The standard InChI is InChI=1S/C43H36N2O4/c46-37-21-27-11-3-5-13-29(27)33(41(37)48)23-44-43(45-24-34-30-14-6-4-12-28(30)22-38(47)42(34)49)35-19-17-25-9-1-7-15-31(25)39(35)40-32-16-8-2-10-26(32)18-20-36(40)43/h3-6,11-14,17-24,46-49H,1-2,7-10,15-16H2. The summed E-state index contributed by atoms with van der Waals surface area (Å²) in [5, 5.41) is 47.0. The highest BCUT2D eigenvalue weighted by atomic mass is 16.3. The smallest absolute Gasteiger partial charge is 0.202 e. The van der Waals surface area contributed by atoms with E-state index in [1.807, 2.05) is 48.5 Å². The molecule has 0 spiro atoms. The molecule has 6 aromatic carbocycles. The highest BCUT2D eigenvalue weighted by Crippen LogP contribution is 2.56. The predicted octanol–water partition coefficient (Wildman–Crippen LogP) is 8.99. The van der Waals surface area contributed by atoms with Gasteiger partial charge in [-0.05, 0) is 118 Å². The molecule has 9 rings (SSSR count). The van der Waals surface area contributed by atoms with E-state index in [9.17, 15) is 20.4 Å². The molecule has 0 saturated heterocycles. The van der Waals surface area contributed by atoms with Crippen LogP contribution in [0.25, 0.3) is 32.7 Å². The minimum absolute atomic E-state index is 0.218. The molecule has 0 saturated carbocycles. The largest absolute Gasteiger partial charge is 0.504 e. The van der Waals surface area contributed by atoms with E-state index in [1.165, 1.54) is 46.2 Å². The summed E-state index contributed by atoms with van der Waals surface area (Å²) in [5.74, 6) is -0.923. The maximum atomic E-state index is 11.2. The first kappa shape index (κ1) is 29.5. The van der Waals surface area contributed by atoms with Crippen molar-refractivity contribution < 1.29 is 20.4 Å². The number of fused-ring (bicyclic) bond motifs is 9. The van der Waals surface area contributed by atoms with Gasteiger partial charge >= 0.3 is 0 Å². The molecule has 0 radical (unpaired) electrons. The number of rotatable bonds is 4. The van der Waals surface area contributed by atoms with Gasteiger partial charge in [-0.25, -0.2) is 0 Å². The SMILES string of the molecule is Oc1cc2ccccc2c(C=NC2(N=Cc3c(O)c(O)cc4ccccc34)c3ccc4c(c3-c3c2ccc2c3CCCC2)CCCC4)c1O. The van der Waals surface area contributed by atoms with Crippen LogP contribution in [0.15, 0.2) is 94.9 Å². The van der Waals surface area contributed by atoms with Crippen molar-refractivity contribution in [2.24, 2.45) is 9.98 Å². The van der Waals surface area contributed by atoms with Crippen LogP contribution in [0.1, 0.15) is 70.2 Å². The maximum absolute atomic E-state index is 11.2. The second-order valence-corrected chi connectivity index (χ2v) is 13.6. The third kappa shape index (κ3) is 4.47. The molecule has 6 aromatic rings. The van der Waals surface area contributed by atoms with Crippen LogP contribution in [-0.4, -0.2) is 32.9 Å². The van der Waals surface area contributed by atoms with Gasteiger partial charge in [-0.3, -0.25) is 9.98 Å². The minimum Gasteiger partial charge on any atom is -0.504 e. The van der Waals surface area contributed by atoms with Crippen molar-refractivity contribution in [3.05, 3.63) is 129 Å². The second-order valence-electron chi connectivity index (χ2n) is 13.6. The highest BCUT2D eigenvalue weighted by molar-refractivity contribution is 6.06. The first-order chi connectivity index (χ1) is 23.9. The summed E-state index contributed by atoms with van der Waals surface area (Å²) in [6.45, 7) is 0. The lowest BCUT2D eigenvalue weighted by Gasteiger charge is -2.26. The number of hydrogen-bond donors (Lipinski definition) is 4. The fourth-order valence-corrected chi connectivity index (χ4v) is 8.54. The van der Waals surface area contributed by atoms with Gasteiger partial charge in [0.15, 0.2) is 23.0 Å². The number of aliphatic imine (C=N–C) groups is 2. The molecule has 242 valence electrons. The van der Waals surface area contributed by atoms with Gasteiger partial charge in [0.1, 0.15) is 0 Å². The Labute approximate surface area is 284 Å². The summed E-state index contributed by atoms with van der Waals surface area (Å²) in [6, 6.07) is 27.1. The number of phenolic OH excluding ortho intramolecular Hbond substituents is 4. The Morgan fingerprint density at radius 3 is 1.41 bits per heavy atom. The van der Waals surface area contributed by atoms with Crippen LogP contribution < -0.4 is 0 Å². The molecule has 0 bridgehead atoms. The fraction of sp³-hybridized carbons (Fsp3) is 0.209. The van der Waals surface area contributed by atoms with Crippen LogP contribution in [0.2, 0.25) is 0 Å². The molecule has 0 fully saturated rings. The molecule has 0 unspecified atom stereocenters. The van der Waals surface area contributed by atoms with Crippen molar-refractivity contribution in [3.8, 4) is 34.1 Å². The number of phenols is 4. The first-order valence-electron chi connectivity index (χ1n) is 17.2. The molecule has 0 heterocycles. The summed E-state index contributed by atoms with van der Waals surface area (Å²) in [4.78, 5) is 10.7. The Hall–Kier alpha value is -5.62. The maximum Gasteiger partial charge on any atom is 0.202 e. The Balaban J connectivity index is 1.37. The molecule has 0 atom stereocenters. The Morgan fingerprint density at radius 2 is 0.939 bits per heavy atom. The predicted molar refractivity (Wildman–Crippen MR) is 196 cm³/mol. The van der Waals surface area contributed by atoms with E-state index in [4.69, 9.17) is 9.98 Å². The molecular weight excluding hydrogens is 608 g/mol. The molecule has 0 amide bonds. The Morgan fingerprint density at radius 1 is 0.510 bits per heavy atom. The number of hydrogen-bond acceptors (Lipinski definition) is 6. The zero-order valence-corrected chi connectivity index (χ0v) is 27.1. The van der Waals surface area contributed by atoms with Gasteiger partial charge in [-0.2, -0.15) is 0 Å². The van der Waals surface area contributed by atoms with Crippen LogP contribution in [0.3, 0.4) is 0 Å². The number of aromatic hydroxyl groups is 4. The van der Waals surface area contributed by atoms with Crippen molar-refractivity contribution in [1.29, 1.82) is 0 Å². The van der Waals surface area contributed by atoms with Crippen molar-refractivity contribution in [1.82, 2.24) is 0 Å². The quantitative estimate of drug-likeness (QED) is 0.114. The van der Waals surface area contributed by atoms with Crippen LogP contribution in [0, 0.1) is 0 Å². The number of aryl methyl sites for hydroxylation is 2. The first-order valence-corrected chi connectivity index (χ1v) is 17.2. The molecule has 3 aliphatic carbocycles. The van der Waals surface area contributed by atoms with Gasteiger partial charge < -0.3 is 20.4 Å². The van der Waals surface area contributed by atoms with Crippen molar-refractivity contribution >= 4 is 34.0 Å². The van der Waals surface area contributed by atoms with E-state index < -0.39 is 5.66 Å². The minimum atomic E-state index is -1.28. The lowest BCUT2D eigenvalue weighted by atomic mass is 9.81. The van der Waals surface area contributed by atoms with Gasteiger partial charge in [0.05, 0.1) is 0 Å². The van der Waals surface area contributed by atoms with Crippen LogP contribution in [-0.2, 0) is 31.3 Å². The molecule has 49 heavy (non-hydrogen) atoms. The molecular formula is C43H36N2O4. The Bertz CT molecular complexity index is 2240. The summed E-state index contributed by atoms with van der Waals surface area (Å²) < 4.78 is 0. The van der Waals surface area contributed by atoms with Crippen LogP contribution in [0.4, 0.5) is 0 Å². The number of nitrogens with zero attached hydrogens (tertiary/aromatic N) is 2. The third-order valence-corrected chi connectivity index (χ3v) is 10.9. The number of benzene rings is 6. The third-order valence-electron chi connectivity index (χ3n) is 10.9. The van der Waals surface area contributed by atoms with E-state index in [-0.39, 0.29) is 23.0 Å². The van der Waals surface area contributed by atoms with Gasteiger partial charge in [0.25, 0.3) is 0 Å². The molecule has 3 aliphatic rings. The average molecular weight is 645 g/mol. The fourth-order valence-electron chi connectivity index (χ4n) is 8.54. The van der Waals surface area contributed by atoms with Gasteiger partial charge in [-0.15, -0.1) is 0 Å².